The van der Waals surface area contributed by atoms with Crippen molar-refractivity contribution >= 4 is 16.6 Å². The molecule has 0 spiro atoms. The number of rotatable bonds is 8. The predicted molar refractivity (Wildman–Crippen MR) is 123 cm³/mol. The van der Waals surface area contributed by atoms with E-state index < -0.39 is 0 Å². The van der Waals surface area contributed by atoms with E-state index in [1.54, 1.807) is 26.4 Å². The van der Waals surface area contributed by atoms with E-state index in [1.165, 1.54) is 7.11 Å². The number of ether oxygens (including phenoxy) is 4. The molecule has 0 unspecified atom stereocenters. The van der Waals surface area contributed by atoms with Crippen LogP contribution >= 0.6 is 0 Å². The summed E-state index contributed by atoms with van der Waals surface area (Å²) in [6.45, 7) is 5.00. The van der Waals surface area contributed by atoms with E-state index in [1.807, 2.05) is 18.2 Å². The van der Waals surface area contributed by atoms with Gasteiger partial charge < -0.3 is 29.2 Å². The summed E-state index contributed by atoms with van der Waals surface area (Å²) in [5, 5.41) is 3.85. The molecule has 1 fully saturated rings. The van der Waals surface area contributed by atoms with Crippen LogP contribution in [0, 0.1) is 0 Å². The van der Waals surface area contributed by atoms with Crippen LogP contribution in [-0.4, -0.2) is 75.6 Å². The van der Waals surface area contributed by atoms with Gasteiger partial charge in [0.1, 0.15) is 28.5 Å². The Hall–Kier alpha value is -3.30. The van der Waals surface area contributed by atoms with Crippen LogP contribution in [0.5, 0.6) is 17.2 Å². The SMILES string of the molecule is COc1ccc(-c2nc3cc(OC)cc(OC)c3c(=O)[nH]2)c(NCCN2CCOCC2)c1. The van der Waals surface area contributed by atoms with Crippen molar-refractivity contribution in [1.82, 2.24) is 14.9 Å². The van der Waals surface area contributed by atoms with Gasteiger partial charge in [0.05, 0.1) is 40.1 Å². The zero-order chi connectivity index (χ0) is 22.5. The summed E-state index contributed by atoms with van der Waals surface area (Å²) in [6.07, 6.45) is 0. The van der Waals surface area contributed by atoms with E-state index >= 15 is 0 Å². The average molecular weight is 441 g/mol. The smallest absolute Gasteiger partial charge is 0.262 e. The first-order valence-electron chi connectivity index (χ1n) is 10.5. The van der Waals surface area contributed by atoms with Crippen LogP contribution in [0.2, 0.25) is 0 Å². The molecule has 0 bridgehead atoms. The van der Waals surface area contributed by atoms with Gasteiger partial charge in [0.2, 0.25) is 0 Å². The van der Waals surface area contributed by atoms with Gasteiger partial charge in [-0.05, 0) is 12.1 Å². The molecule has 3 aromatic rings. The van der Waals surface area contributed by atoms with Gasteiger partial charge in [-0.2, -0.15) is 0 Å². The molecule has 1 aromatic heterocycles. The maximum atomic E-state index is 12.9. The number of nitrogens with zero attached hydrogens (tertiary/aromatic N) is 2. The second-order valence-electron chi connectivity index (χ2n) is 7.43. The summed E-state index contributed by atoms with van der Waals surface area (Å²) < 4.78 is 21.5. The highest BCUT2D eigenvalue weighted by Crippen LogP contribution is 2.32. The van der Waals surface area contributed by atoms with Gasteiger partial charge >= 0.3 is 0 Å². The van der Waals surface area contributed by atoms with Gasteiger partial charge in [-0.1, -0.05) is 0 Å². The number of hydrogen-bond acceptors (Lipinski definition) is 8. The molecule has 0 radical (unpaired) electrons. The van der Waals surface area contributed by atoms with Gasteiger partial charge in [-0.25, -0.2) is 4.98 Å². The Morgan fingerprint density at radius 3 is 2.56 bits per heavy atom. The fourth-order valence-corrected chi connectivity index (χ4v) is 3.79. The summed E-state index contributed by atoms with van der Waals surface area (Å²) in [4.78, 5) is 22.9. The van der Waals surface area contributed by atoms with E-state index in [0.717, 1.165) is 50.6 Å². The van der Waals surface area contributed by atoms with Crippen molar-refractivity contribution in [3.8, 4) is 28.6 Å². The number of anilines is 1. The van der Waals surface area contributed by atoms with E-state index in [4.69, 9.17) is 23.9 Å². The number of aromatic amines is 1. The van der Waals surface area contributed by atoms with Crippen LogP contribution in [0.3, 0.4) is 0 Å². The van der Waals surface area contributed by atoms with Gasteiger partial charge in [0, 0.05) is 55.6 Å². The zero-order valence-corrected chi connectivity index (χ0v) is 18.6. The highest BCUT2D eigenvalue weighted by Gasteiger charge is 2.16. The second kappa shape index (κ2) is 9.88. The number of nitrogens with one attached hydrogen (secondary N) is 2. The molecule has 1 aliphatic rings. The van der Waals surface area contributed by atoms with Crippen LogP contribution in [0.4, 0.5) is 5.69 Å². The first kappa shape index (κ1) is 21.9. The van der Waals surface area contributed by atoms with Gasteiger partial charge in [0.25, 0.3) is 5.56 Å². The van der Waals surface area contributed by atoms with Crippen LogP contribution in [0.15, 0.2) is 35.1 Å². The summed E-state index contributed by atoms with van der Waals surface area (Å²) in [5.41, 5.74) is 1.82. The average Bonchev–Trinajstić information content (AvgIpc) is 2.83. The maximum absolute atomic E-state index is 12.9. The van der Waals surface area contributed by atoms with Crippen molar-refractivity contribution in [2.24, 2.45) is 0 Å². The molecule has 9 nitrogen and oxygen atoms in total. The summed E-state index contributed by atoms with van der Waals surface area (Å²) in [6, 6.07) is 9.04. The predicted octanol–water partition coefficient (Wildman–Crippen LogP) is 2.36. The molecule has 170 valence electrons. The number of benzene rings is 2. The Bertz CT molecular complexity index is 1140. The number of methoxy groups -OCH3 is 3. The van der Waals surface area contributed by atoms with Crippen molar-refractivity contribution in [3.05, 3.63) is 40.7 Å². The summed E-state index contributed by atoms with van der Waals surface area (Å²) in [7, 11) is 4.71. The molecule has 2 heterocycles. The molecule has 0 saturated carbocycles. The van der Waals surface area contributed by atoms with Gasteiger partial charge in [-0.3, -0.25) is 9.69 Å². The molecule has 2 N–H and O–H groups in total. The minimum absolute atomic E-state index is 0.278. The maximum Gasteiger partial charge on any atom is 0.262 e. The molecular formula is C23H28N4O5. The molecule has 1 saturated heterocycles. The number of hydrogen-bond donors (Lipinski definition) is 2. The van der Waals surface area contributed by atoms with E-state index in [0.29, 0.717) is 34.0 Å². The van der Waals surface area contributed by atoms with Crippen molar-refractivity contribution in [2.75, 3.05) is 66.0 Å². The monoisotopic (exact) mass is 440 g/mol. The Balaban J connectivity index is 1.69. The fraction of sp³-hybridized carbons (Fsp3) is 0.391. The molecule has 1 aliphatic heterocycles. The minimum atomic E-state index is -0.278. The van der Waals surface area contributed by atoms with Gasteiger partial charge in [-0.15, -0.1) is 0 Å². The Kier molecular flexibility index (Phi) is 6.77. The van der Waals surface area contributed by atoms with E-state index in [9.17, 15) is 4.79 Å². The van der Waals surface area contributed by atoms with Crippen molar-refractivity contribution in [1.29, 1.82) is 0 Å². The van der Waals surface area contributed by atoms with E-state index in [-0.39, 0.29) is 5.56 Å². The molecule has 0 aliphatic carbocycles. The molecule has 2 aromatic carbocycles. The normalized spacial score (nSPS) is 14.3. The molecular weight excluding hydrogens is 412 g/mol. The summed E-state index contributed by atoms with van der Waals surface area (Å²) in [5.74, 6) is 2.15. The third-order valence-corrected chi connectivity index (χ3v) is 5.53. The lowest BCUT2D eigenvalue weighted by Gasteiger charge is -2.26. The molecule has 0 amide bonds. The number of morpholine rings is 1. The van der Waals surface area contributed by atoms with Crippen LogP contribution in [0.25, 0.3) is 22.3 Å². The topological polar surface area (TPSA) is 97.9 Å². The third kappa shape index (κ3) is 4.63. The Morgan fingerprint density at radius 2 is 1.84 bits per heavy atom. The molecule has 32 heavy (non-hydrogen) atoms. The number of fused-ring (bicyclic) bond motifs is 1. The first-order chi connectivity index (χ1) is 15.6. The number of H-pyrrole nitrogens is 1. The fourth-order valence-electron chi connectivity index (χ4n) is 3.79. The second-order valence-corrected chi connectivity index (χ2v) is 7.43. The van der Waals surface area contributed by atoms with E-state index in [2.05, 4.69) is 15.2 Å². The highest BCUT2D eigenvalue weighted by molar-refractivity contribution is 5.88. The quantitative estimate of drug-likeness (QED) is 0.551. The van der Waals surface area contributed by atoms with Crippen molar-refractivity contribution < 1.29 is 18.9 Å². The van der Waals surface area contributed by atoms with Gasteiger partial charge in [0.15, 0.2) is 0 Å². The van der Waals surface area contributed by atoms with Crippen LogP contribution in [-0.2, 0) is 4.74 Å². The Morgan fingerprint density at radius 1 is 1.06 bits per heavy atom. The minimum Gasteiger partial charge on any atom is -0.497 e. The Labute approximate surface area is 186 Å². The molecule has 9 heteroatoms. The first-order valence-corrected chi connectivity index (χ1v) is 10.5. The lowest BCUT2D eigenvalue weighted by atomic mass is 10.1. The third-order valence-electron chi connectivity index (χ3n) is 5.53. The lowest BCUT2D eigenvalue weighted by Crippen LogP contribution is -2.39. The molecule has 4 rings (SSSR count). The number of aromatic nitrogens is 2. The lowest BCUT2D eigenvalue weighted by molar-refractivity contribution is 0.0398. The standard InChI is InChI=1S/C23H28N4O5/c1-29-15-4-5-17(18(12-15)24-6-7-27-8-10-32-11-9-27)22-25-19-13-16(30-2)14-20(31-3)21(19)23(28)26-22/h4-5,12-14,24H,6-11H2,1-3H3,(H,25,26,28). The van der Waals surface area contributed by atoms with Crippen molar-refractivity contribution in [2.45, 2.75) is 0 Å². The van der Waals surface area contributed by atoms with Crippen molar-refractivity contribution in [3.63, 3.8) is 0 Å². The zero-order valence-electron chi connectivity index (χ0n) is 18.6. The summed E-state index contributed by atoms with van der Waals surface area (Å²) >= 11 is 0. The van der Waals surface area contributed by atoms with Crippen LogP contribution in [0.1, 0.15) is 0 Å². The largest absolute Gasteiger partial charge is 0.497 e. The highest BCUT2D eigenvalue weighted by atomic mass is 16.5. The van der Waals surface area contributed by atoms with Crippen LogP contribution < -0.4 is 25.1 Å². The molecule has 0 atom stereocenters.